The Labute approximate surface area is 197 Å². The average Bonchev–Trinajstić information content (AvgIpc) is 2.88. The fourth-order valence-electron chi connectivity index (χ4n) is 4.19. The van der Waals surface area contributed by atoms with Gasteiger partial charge in [-0.15, -0.1) is 0 Å². The van der Waals surface area contributed by atoms with Crippen molar-refractivity contribution in [3.8, 4) is 23.0 Å². The molecule has 2 aliphatic heterocycles. The summed E-state index contributed by atoms with van der Waals surface area (Å²) in [6, 6.07) is 23.3. The van der Waals surface area contributed by atoms with Crippen LogP contribution in [0.5, 0.6) is 23.0 Å². The van der Waals surface area contributed by atoms with Crippen LogP contribution in [0.1, 0.15) is 25.0 Å². The van der Waals surface area contributed by atoms with Crippen LogP contribution in [0.25, 0.3) is 10.8 Å². The summed E-state index contributed by atoms with van der Waals surface area (Å²) in [7, 11) is 0. The Morgan fingerprint density at radius 3 is 1.35 bits per heavy atom. The third-order valence-corrected chi connectivity index (χ3v) is 5.72. The van der Waals surface area contributed by atoms with Crippen LogP contribution in [-0.2, 0) is 0 Å². The molecule has 2 heterocycles. The Hall–Kier alpha value is -4.32. The summed E-state index contributed by atoms with van der Waals surface area (Å²) in [5, 5.41) is 1.80. The standard InChI is InChI=1S/C28H22N2O4/c1-3-31-19-9-5-17(6-10-19)27-29-21-13-16-24-26-22(14-15-23(33-27)25(21)26)30-28(34-24)18-7-11-20(12-8-18)32-4-2/h5-16H,3-4H2,1-2H3. The lowest BCUT2D eigenvalue weighted by Gasteiger charge is -2.23. The smallest absolute Gasteiger partial charge is 0.227 e. The molecule has 0 aromatic heterocycles. The van der Waals surface area contributed by atoms with Gasteiger partial charge in [-0.1, -0.05) is 0 Å². The third kappa shape index (κ3) is 3.44. The molecule has 0 atom stereocenters. The van der Waals surface area contributed by atoms with Gasteiger partial charge in [-0.05, 0) is 86.6 Å². The molecule has 0 fully saturated rings. The molecule has 4 aromatic carbocycles. The SMILES string of the molecule is CCOc1ccc(C2=Nc3ccc4c5c(ccc(c35)O2)N=C(c2ccc(OCC)cc2)O4)cc1. The first-order chi connectivity index (χ1) is 16.7. The number of hydrogen-bond donors (Lipinski definition) is 0. The van der Waals surface area contributed by atoms with E-state index >= 15 is 0 Å². The molecule has 0 amide bonds. The van der Waals surface area contributed by atoms with Crippen molar-refractivity contribution in [2.75, 3.05) is 13.2 Å². The number of hydrogen-bond acceptors (Lipinski definition) is 6. The van der Waals surface area contributed by atoms with Gasteiger partial charge < -0.3 is 18.9 Å². The number of nitrogens with zero attached hydrogens (tertiary/aromatic N) is 2. The maximum Gasteiger partial charge on any atom is 0.227 e. The van der Waals surface area contributed by atoms with E-state index in [1.54, 1.807) is 0 Å². The van der Waals surface area contributed by atoms with Crippen LogP contribution in [0.15, 0.2) is 82.8 Å². The fourth-order valence-corrected chi connectivity index (χ4v) is 4.19. The summed E-state index contributed by atoms with van der Waals surface area (Å²) in [5.74, 6) is 4.21. The second kappa shape index (κ2) is 8.23. The van der Waals surface area contributed by atoms with Crippen molar-refractivity contribution >= 4 is 33.9 Å². The summed E-state index contributed by atoms with van der Waals surface area (Å²) in [5.41, 5.74) is 3.42. The zero-order valence-corrected chi connectivity index (χ0v) is 18.9. The maximum atomic E-state index is 6.21. The summed E-state index contributed by atoms with van der Waals surface area (Å²) in [6.07, 6.45) is 0. The van der Waals surface area contributed by atoms with Crippen LogP contribution in [0.2, 0.25) is 0 Å². The average molecular weight is 450 g/mol. The van der Waals surface area contributed by atoms with Crippen molar-refractivity contribution in [1.82, 2.24) is 0 Å². The van der Waals surface area contributed by atoms with E-state index in [1.165, 1.54) is 0 Å². The van der Waals surface area contributed by atoms with Gasteiger partial charge in [0.15, 0.2) is 0 Å². The number of benzene rings is 4. The van der Waals surface area contributed by atoms with Crippen molar-refractivity contribution in [3.05, 3.63) is 83.9 Å². The molecule has 4 aromatic rings. The quantitative estimate of drug-likeness (QED) is 0.333. The van der Waals surface area contributed by atoms with Crippen LogP contribution >= 0.6 is 0 Å². The van der Waals surface area contributed by atoms with E-state index in [2.05, 4.69) is 0 Å². The van der Waals surface area contributed by atoms with E-state index in [0.29, 0.717) is 25.0 Å². The molecule has 0 aliphatic carbocycles. The normalized spacial score (nSPS) is 13.5. The van der Waals surface area contributed by atoms with Crippen molar-refractivity contribution < 1.29 is 18.9 Å². The molecule has 0 saturated heterocycles. The topological polar surface area (TPSA) is 61.6 Å². The predicted molar refractivity (Wildman–Crippen MR) is 133 cm³/mol. The van der Waals surface area contributed by atoms with Gasteiger partial charge in [0.25, 0.3) is 0 Å². The second-order valence-electron chi connectivity index (χ2n) is 7.87. The van der Waals surface area contributed by atoms with Gasteiger partial charge in [-0.3, -0.25) is 0 Å². The Balaban J connectivity index is 1.38. The molecular weight excluding hydrogens is 428 g/mol. The molecule has 0 N–H and O–H groups in total. The molecular formula is C28H22N2O4. The Kier molecular flexibility index (Phi) is 4.91. The number of ether oxygens (including phenoxy) is 4. The zero-order valence-electron chi connectivity index (χ0n) is 18.9. The van der Waals surface area contributed by atoms with Crippen LogP contribution < -0.4 is 18.9 Å². The Morgan fingerprint density at radius 2 is 0.971 bits per heavy atom. The molecule has 0 saturated carbocycles. The molecule has 0 bridgehead atoms. The van der Waals surface area contributed by atoms with Crippen molar-refractivity contribution in [2.45, 2.75) is 13.8 Å². The van der Waals surface area contributed by atoms with E-state index in [0.717, 1.165) is 56.3 Å². The van der Waals surface area contributed by atoms with E-state index < -0.39 is 0 Å². The third-order valence-electron chi connectivity index (χ3n) is 5.72. The highest BCUT2D eigenvalue weighted by Crippen LogP contribution is 2.48. The first kappa shape index (κ1) is 20.3. The minimum atomic E-state index is 0.550. The lowest BCUT2D eigenvalue weighted by molar-refractivity contribution is 0.340. The monoisotopic (exact) mass is 450 g/mol. The Morgan fingerprint density at radius 1 is 0.559 bits per heavy atom. The molecule has 168 valence electrons. The molecule has 0 unspecified atom stereocenters. The molecule has 6 heteroatoms. The van der Waals surface area contributed by atoms with Gasteiger partial charge in [0, 0.05) is 11.1 Å². The summed E-state index contributed by atoms with van der Waals surface area (Å²) in [6.45, 7) is 5.18. The summed E-state index contributed by atoms with van der Waals surface area (Å²) >= 11 is 0. The van der Waals surface area contributed by atoms with Gasteiger partial charge in [0.1, 0.15) is 23.0 Å². The molecule has 0 spiro atoms. The lowest BCUT2D eigenvalue weighted by Crippen LogP contribution is -2.15. The fraction of sp³-hybridized carbons (Fsp3) is 0.143. The van der Waals surface area contributed by atoms with E-state index in [4.69, 9.17) is 28.9 Å². The van der Waals surface area contributed by atoms with Crippen molar-refractivity contribution in [2.24, 2.45) is 9.98 Å². The zero-order chi connectivity index (χ0) is 23.1. The number of aliphatic imine (C=N–C) groups is 2. The maximum absolute atomic E-state index is 6.21. The summed E-state index contributed by atoms with van der Waals surface area (Å²) in [4.78, 5) is 9.58. The molecule has 6 nitrogen and oxygen atoms in total. The largest absolute Gasteiger partial charge is 0.494 e. The van der Waals surface area contributed by atoms with Crippen molar-refractivity contribution in [3.63, 3.8) is 0 Å². The van der Waals surface area contributed by atoms with Crippen LogP contribution in [0.4, 0.5) is 11.4 Å². The summed E-state index contributed by atoms with van der Waals surface area (Å²) < 4.78 is 23.5. The Bertz CT molecular complexity index is 1340. The molecule has 34 heavy (non-hydrogen) atoms. The highest BCUT2D eigenvalue weighted by atomic mass is 16.5. The molecule has 2 aliphatic rings. The van der Waals surface area contributed by atoms with Gasteiger partial charge in [-0.25, -0.2) is 9.98 Å². The van der Waals surface area contributed by atoms with Crippen LogP contribution in [0, 0.1) is 0 Å². The van der Waals surface area contributed by atoms with Gasteiger partial charge in [0.05, 0.1) is 35.4 Å². The number of rotatable bonds is 6. The second-order valence-corrected chi connectivity index (χ2v) is 7.87. The first-order valence-electron chi connectivity index (χ1n) is 11.3. The highest BCUT2D eigenvalue weighted by Gasteiger charge is 2.25. The van der Waals surface area contributed by atoms with E-state index in [-0.39, 0.29) is 0 Å². The van der Waals surface area contributed by atoms with Gasteiger partial charge in [0.2, 0.25) is 11.8 Å². The lowest BCUT2D eigenvalue weighted by atomic mass is 10.0. The first-order valence-corrected chi connectivity index (χ1v) is 11.3. The van der Waals surface area contributed by atoms with Gasteiger partial charge in [-0.2, -0.15) is 0 Å². The van der Waals surface area contributed by atoms with E-state index in [9.17, 15) is 0 Å². The minimum Gasteiger partial charge on any atom is -0.494 e. The molecule has 6 rings (SSSR count). The molecule has 0 radical (unpaired) electrons. The predicted octanol–water partition coefficient (Wildman–Crippen LogP) is 6.58. The van der Waals surface area contributed by atoms with E-state index in [1.807, 2.05) is 86.6 Å². The van der Waals surface area contributed by atoms with Crippen LogP contribution in [0.3, 0.4) is 0 Å². The van der Waals surface area contributed by atoms with Gasteiger partial charge >= 0.3 is 0 Å². The van der Waals surface area contributed by atoms with Crippen molar-refractivity contribution in [1.29, 1.82) is 0 Å². The highest BCUT2D eigenvalue weighted by molar-refractivity contribution is 6.16. The van der Waals surface area contributed by atoms with Crippen LogP contribution in [-0.4, -0.2) is 25.0 Å². The minimum absolute atomic E-state index is 0.550.